The monoisotopic (exact) mass is 379 g/mol. The number of hydrogen-bond donors (Lipinski definition) is 1. The average Bonchev–Trinajstić information content (AvgIpc) is 3.07. The summed E-state index contributed by atoms with van der Waals surface area (Å²) in [6.07, 6.45) is 5.87. The second-order valence-corrected chi connectivity index (χ2v) is 7.44. The Morgan fingerprint density at radius 2 is 1.93 bits per heavy atom. The van der Waals surface area contributed by atoms with Gasteiger partial charge >= 0.3 is 0 Å². The highest BCUT2D eigenvalue weighted by molar-refractivity contribution is 7.98. The summed E-state index contributed by atoms with van der Waals surface area (Å²) in [6, 6.07) is 16.1. The summed E-state index contributed by atoms with van der Waals surface area (Å²) in [6.45, 7) is 4.66. The second kappa shape index (κ2) is 8.91. The van der Waals surface area contributed by atoms with Crippen molar-refractivity contribution in [2.75, 3.05) is 12.8 Å². The molecule has 0 aliphatic carbocycles. The van der Waals surface area contributed by atoms with E-state index in [-0.39, 0.29) is 5.91 Å². The van der Waals surface area contributed by atoms with Gasteiger partial charge in [0.2, 0.25) is 0 Å². The maximum atomic E-state index is 12.5. The Bertz CT molecular complexity index is 919. The Morgan fingerprint density at radius 3 is 2.67 bits per heavy atom. The van der Waals surface area contributed by atoms with Crippen molar-refractivity contribution in [2.45, 2.75) is 31.6 Å². The quantitative estimate of drug-likeness (QED) is 0.483. The van der Waals surface area contributed by atoms with E-state index < -0.39 is 0 Å². The van der Waals surface area contributed by atoms with Crippen LogP contribution in [0.3, 0.4) is 0 Å². The molecule has 0 aliphatic rings. The number of thioether (sulfide) groups is 1. The number of aromatic nitrogens is 2. The SMILES string of the molecule is CSc1ccc(C)c(C(=O)NCCCc2cn(-c3ccccc3)nc2C)c1. The first kappa shape index (κ1) is 19.2. The Labute approximate surface area is 165 Å². The molecule has 0 bridgehead atoms. The molecule has 0 saturated carbocycles. The number of rotatable bonds is 7. The van der Waals surface area contributed by atoms with Gasteiger partial charge in [-0.15, -0.1) is 11.8 Å². The van der Waals surface area contributed by atoms with Gasteiger partial charge in [0.25, 0.3) is 5.91 Å². The van der Waals surface area contributed by atoms with Crippen LogP contribution in [-0.4, -0.2) is 28.5 Å². The van der Waals surface area contributed by atoms with E-state index in [2.05, 4.69) is 16.6 Å². The van der Waals surface area contributed by atoms with E-state index in [1.165, 1.54) is 5.56 Å². The minimum atomic E-state index is 0.0000950. The topological polar surface area (TPSA) is 46.9 Å². The molecule has 1 heterocycles. The lowest BCUT2D eigenvalue weighted by Crippen LogP contribution is -2.25. The lowest BCUT2D eigenvalue weighted by Gasteiger charge is -2.09. The third-order valence-electron chi connectivity index (χ3n) is 4.62. The van der Waals surface area contributed by atoms with Gasteiger partial charge in [0.05, 0.1) is 11.4 Å². The highest BCUT2D eigenvalue weighted by Gasteiger charge is 2.10. The fourth-order valence-electron chi connectivity index (χ4n) is 3.00. The summed E-state index contributed by atoms with van der Waals surface area (Å²) in [5.74, 6) is 0.0000950. The largest absolute Gasteiger partial charge is 0.352 e. The molecule has 0 atom stereocenters. The molecule has 5 heteroatoms. The minimum Gasteiger partial charge on any atom is -0.352 e. The highest BCUT2D eigenvalue weighted by atomic mass is 32.2. The van der Waals surface area contributed by atoms with Gasteiger partial charge < -0.3 is 5.32 Å². The van der Waals surface area contributed by atoms with E-state index in [0.717, 1.165) is 40.2 Å². The first-order chi connectivity index (χ1) is 13.1. The third kappa shape index (κ3) is 4.80. The number of carbonyl (C=O) groups excluding carboxylic acids is 1. The number of aryl methyl sites for hydroxylation is 3. The van der Waals surface area contributed by atoms with Gasteiger partial charge in [-0.25, -0.2) is 4.68 Å². The molecule has 0 unspecified atom stereocenters. The number of carbonyl (C=O) groups is 1. The number of nitrogens with one attached hydrogen (secondary N) is 1. The highest BCUT2D eigenvalue weighted by Crippen LogP contribution is 2.19. The van der Waals surface area contributed by atoms with Gasteiger partial charge in [0.15, 0.2) is 0 Å². The maximum absolute atomic E-state index is 12.5. The second-order valence-electron chi connectivity index (χ2n) is 6.56. The van der Waals surface area contributed by atoms with Crippen LogP contribution in [0.5, 0.6) is 0 Å². The van der Waals surface area contributed by atoms with Gasteiger partial charge in [0, 0.05) is 23.2 Å². The molecule has 0 fully saturated rings. The zero-order chi connectivity index (χ0) is 19.2. The maximum Gasteiger partial charge on any atom is 0.251 e. The fourth-order valence-corrected chi connectivity index (χ4v) is 3.44. The first-order valence-electron chi connectivity index (χ1n) is 9.12. The van der Waals surface area contributed by atoms with Crippen LogP contribution in [0.1, 0.15) is 33.6 Å². The summed E-state index contributed by atoms with van der Waals surface area (Å²) in [4.78, 5) is 13.6. The van der Waals surface area contributed by atoms with Crippen LogP contribution in [0.15, 0.2) is 59.6 Å². The van der Waals surface area contributed by atoms with Crippen molar-refractivity contribution in [3.8, 4) is 5.69 Å². The molecule has 1 amide bonds. The lowest BCUT2D eigenvalue weighted by atomic mass is 10.1. The number of nitrogens with zero attached hydrogens (tertiary/aromatic N) is 2. The summed E-state index contributed by atoms with van der Waals surface area (Å²) in [5, 5.41) is 7.64. The summed E-state index contributed by atoms with van der Waals surface area (Å²) in [5.41, 5.74) is 5.08. The molecule has 27 heavy (non-hydrogen) atoms. The Balaban J connectivity index is 1.55. The molecule has 2 aromatic carbocycles. The van der Waals surface area contributed by atoms with Gasteiger partial charge in [-0.1, -0.05) is 24.3 Å². The minimum absolute atomic E-state index is 0.0000950. The van der Waals surface area contributed by atoms with Gasteiger partial charge in [0.1, 0.15) is 0 Å². The summed E-state index contributed by atoms with van der Waals surface area (Å²) in [7, 11) is 0. The molecule has 0 spiro atoms. The first-order valence-corrected chi connectivity index (χ1v) is 10.3. The zero-order valence-corrected chi connectivity index (χ0v) is 16.8. The fraction of sp³-hybridized carbons (Fsp3) is 0.273. The van der Waals surface area contributed by atoms with Crippen molar-refractivity contribution in [3.63, 3.8) is 0 Å². The number of hydrogen-bond acceptors (Lipinski definition) is 3. The van der Waals surface area contributed by atoms with E-state index >= 15 is 0 Å². The van der Waals surface area contributed by atoms with Gasteiger partial charge in [-0.3, -0.25) is 4.79 Å². The molecule has 1 N–H and O–H groups in total. The molecular weight excluding hydrogens is 354 g/mol. The molecule has 140 valence electrons. The lowest BCUT2D eigenvalue weighted by molar-refractivity contribution is 0.0952. The van der Waals surface area contributed by atoms with Crippen LogP contribution in [0.25, 0.3) is 5.69 Å². The van der Waals surface area contributed by atoms with Gasteiger partial charge in [-0.2, -0.15) is 5.10 Å². The summed E-state index contributed by atoms with van der Waals surface area (Å²) >= 11 is 1.65. The van der Waals surface area contributed by atoms with Crippen molar-refractivity contribution >= 4 is 17.7 Å². The third-order valence-corrected chi connectivity index (χ3v) is 5.34. The molecule has 1 aromatic heterocycles. The van der Waals surface area contributed by atoms with Crippen LogP contribution in [0, 0.1) is 13.8 Å². The van der Waals surface area contributed by atoms with Crippen molar-refractivity contribution in [1.82, 2.24) is 15.1 Å². The summed E-state index contributed by atoms with van der Waals surface area (Å²) < 4.78 is 1.92. The van der Waals surface area contributed by atoms with Crippen molar-refractivity contribution < 1.29 is 4.79 Å². The zero-order valence-electron chi connectivity index (χ0n) is 16.0. The molecule has 3 aromatic rings. The van der Waals surface area contributed by atoms with E-state index in [0.29, 0.717) is 6.54 Å². The van der Waals surface area contributed by atoms with Gasteiger partial charge in [-0.05, 0) is 68.3 Å². The predicted octanol–water partition coefficient (Wildman–Crippen LogP) is 4.57. The van der Waals surface area contributed by atoms with Crippen molar-refractivity contribution in [3.05, 3.63) is 77.1 Å². The Kier molecular flexibility index (Phi) is 6.35. The van der Waals surface area contributed by atoms with Crippen LogP contribution >= 0.6 is 11.8 Å². The van der Waals surface area contributed by atoms with Crippen molar-refractivity contribution in [2.24, 2.45) is 0 Å². The molecular formula is C22H25N3OS. The smallest absolute Gasteiger partial charge is 0.251 e. The molecule has 0 radical (unpaired) electrons. The predicted molar refractivity (Wildman–Crippen MR) is 112 cm³/mol. The van der Waals surface area contributed by atoms with Crippen LogP contribution < -0.4 is 5.32 Å². The number of benzene rings is 2. The Morgan fingerprint density at radius 1 is 1.15 bits per heavy atom. The number of para-hydroxylation sites is 1. The molecule has 0 saturated heterocycles. The molecule has 4 nitrogen and oxygen atoms in total. The Hall–Kier alpha value is -2.53. The van der Waals surface area contributed by atoms with Crippen molar-refractivity contribution in [1.29, 1.82) is 0 Å². The van der Waals surface area contributed by atoms with E-state index in [1.54, 1.807) is 11.8 Å². The molecule has 3 rings (SSSR count). The van der Waals surface area contributed by atoms with E-state index in [4.69, 9.17) is 0 Å². The van der Waals surface area contributed by atoms with Crippen LogP contribution in [-0.2, 0) is 6.42 Å². The average molecular weight is 380 g/mol. The normalized spacial score (nSPS) is 10.8. The molecule has 0 aliphatic heterocycles. The number of amides is 1. The van der Waals surface area contributed by atoms with E-state index in [1.807, 2.05) is 73.3 Å². The van der Waals surface area contributed by atoms with E-state index in [9.17, 15) is 4.79 Å². The van der Waals surface area contributed by atoms with Crippen LogP contribution in [0.2, 0.25) is 0 Å². The standard InChI is InChI=1S/C22H25N3OS/c1-16-11-12-20(27-3)14-21(16)22(26)23-13-7-8-18-15-25(24-17(18)2)19-9-5-4-6-10-19/h4-6,9-12,14-15H,7-8,13H2,1-3H3,(H,23,26). The van der Waals surface area contributed by atoms with Crippen LogP contribution in [0.4, 0.5) is 0 Å².